The number of fused-ring (bicyclic) bond motifs is 1. The average Bonchev–Trinajstić information content (AvgIpc) is 2.14. The molecule has 0 aliphatic carbocycles. The molecular weight excluding hydrogens is 174 g/mol. The molecule has 1 aromatic heterocycles. The summed E-state index contributed by atoms with van der Waals surface area (Å²) in [4.78, 5) is 11.8. The lowest BCUT2D eigenvalue weighted by atomic mass is 10.1. The van der Waals surface area contributed by atoms with Crippen molar-refractivity contribution < 1.29 is 0 Å². The van der Waals surface area contributed by atoms with E-state index >= 15 is 0 Å². The van der Waals surface area contributed by atoms with Crippen molar-refractivity contribution in [3.05, 3.63) is 45.7 Å². The number of nitrogens with zero attached hydrogens (tertiary/aromatic N) is 1. The van der Waals surface area contributed by atoms with Gasteiger partial charge in [0.05, 0.1) is 5.52 Å². The van der Waals surface area contributed by atoms with Crippen molar-refractivity contribution >= 4 is 10.9 Å². The van der Waals surface area contributed by atoms with Crippen LogP contribution in [0.25, 0.3) is 10.9 Å². The molecule has 2 heteroatoms. The fourth-order valence-electron chi connectivity index (χ4n) is 1.77. The average molecular weight is 187 g/mol. The van der Waals surface area contributed by atoms with Crippen molar-refractivity contribution in [2.45, 2.75) is 13.8 Å². The Labute approximate surface area is 82.8 Å². The first-order valence-electron chi connectivity index (χ1n) is 4.66. The van der Waals surface area contributed by atoms with Crippen LogP contribution in [-0.2, 0) is 7.05 Å². The van der Waals surface area contributed by atoms with Gasteiger partial charge in [0, 0.05) is 24.2 Å². The number of benzene rings is 1. The lowest BCUT2D eigenvalue weighted by molar-refractivity contribution is 0.938. The van der Waals surface area contributed by atoms with Crippen molar-refractivity contribution in [2.75, 3.05) is 0 Å². The molecule has 0 saturated heterocycles. The Morgan fingerprint density at radius 1 is 1.21 bits per heavy atom. The highest BCUT2D eigenvalue weighted by Gasteiger charge is 2.03. The minimum Gasteiger partial charge on any atom is -0.350 e. The van der Waals surface area contributed by atoms with E-state index in [1.54, 1.807) is 0 Å². The van der Waals surface area contributed by atoms with Gasteiger partial charge in [0.1, 0.15) is 0 Å². The van der Waals surface area contributed by atoms with Gasteiger partial charge in [-0.25, -0.2) is 0 Å². The molecule has 0 aliphatic rings. The summed E-state index contributed by atoms with van der Waals surface area (Å²) in [6.45, 7) is 3.85. The minimum atomic E-state index is 0.141. The standard InChI is InChI=1S/C12H13NO/c1-8-4-5-11-10(6-8)12(14)9(2)7-13(11)3/h4-7H,1-3H3. The maximum absolute atomic E-state index is 11.8. The third-order valence-corrected chi connectivity index (χ3v) is 2.52. The van der Waals surface area contributed by atoms with Gasteiger partial charge in [0.25, 0.3) is 0 Å². The van der Waals surface area contributed by atoms with Gasteiger partial charge < -0.3 is 4.57 Å². The van der Waals surface area contributed by atoms with Crippen LogP contribution < -0.4 is 5.43 Å². The van der Waals surface area contributed by atoms with Crippen LogP contribution in [0.3, 0.4) is 0 Å². The lowest BCUT2D eigenvalue weighted by Gasteiger charge is -2.06. The summed E-state index contributed by atoms with van der Waals surface area (Å²) in [5, 5.41) is 0.813. The predicted octanol–water partition coefficient (Wildman–Crippen LogP) is 2.16. The number of aromatic nitrogens is 1. The van der Waals surface area contributed by atoms with Crippen molar-refractivity contribution in [3.63, 3.8) is 0 Å². The van der Waals surface area contributed by atoms with Crippen LogP contribution in [0.5, 0.6) is 0 Å². The zero-order valence-electron chi connectivity index (χ0n) is 8.66. The molecule has 2 nitrogen and oxygen atoms in total. The van der Waals surface area contributed by atoms with Crippen molar-refractivity contribution in [1.29, 1.82) is 0 Å². The minimum absolute atomic E-state index is 0.141. The summed E-state index contributed by atoms with van der Waals surface area (Å²) in [6, 6.07) is 5.97. The van der Waals surface area contributed by atoms with Gasteiger partial charge in [-0.05, 0) is 26.0 Å². The third kappa shape index (κ3) is 1.23. The molecule has 2 aromatic rings. The summed E-state index contributed by atoms with van der Waals surface area (Å²) < 4.78 is 1.99. The molecule has 1 aromatic carbocycles. The van der Waals surface area contributed by atoms with Crippen molar-refractivity contribution in [3.8, 4) is 0 Å². The molecule has 2 rings (SSSR count). The fourth-order valence-corrected chi connectivity index (χ4v) is 1.77. The molecule has 0 fully saturated rings. The van der Waals surface area contributed by atoms with Crippen LogP contribution in [0.1, 0.15) is 11.1 Å². The van der Waals surface area contributed by atoms with Gasteiger partial charge in [0.15, 0.2) is 5.43 Å². The highest BCUT2D eigenvalue weighted by atomic mass is 16.1. The zero-order chi connectivity index (χ0) is 10.3. The lowest BCUT2D eigenvalue weighted by Crippen LogP contribution is -2.10. The molecule has 0 bridgehead atoms. The normalized spacial score (nSPS) is 10.8. The van der Waals surface area contributed by atoms with E-state index in [-0.39, 0.29) is 5.43 Å². The summed E-state index contributed by atoms with van der Waals surface area (Å²) in [5.74, 6) is 0. The van der Waals surface area contributed by atoms with Crippen molar-refractivity contribution in [1.82, 2.24) is 4.57 Å². The van der Waals surface area contributed by atoms with Gasteiger partial charge in [-0.3, -0.25) is 4.79 Å². The van der Waals surface area contributed by atoms with Gasteiger partial charge in [0.2, 0.25) is 0 Å². The Morgan fingerprint density at radius 2 is 1.93 bits per heavy atom. The Morgan fingerprint density at radius 3 is 2.64 bits per heavy atom. The molecule has 1 heterocycles. The van der Waals surface area contributed by atoms with E-state index in [0.29, 0.717) is 0 Å². The summed E-state index contributed by atoms with van der Waals surface area (Å²) >= 11 is 0. The first-order chi connectivity index (χ1) is 6.59. The van der Waals surface area contributed by atoms with Gasteiger partial charge in [-0.15, -0.1) is 0 Å². The third-order valence-electron chi connectivity index (χ3n) is 2.52. The highest BCUT2D eigenvalue weighted by molar-refractivity contribution is 5.80. The van der Waals surface area contributed by atoms with Gasteiger partial charge in [-0.2, -0.15) is 0 Å². The molecule has 0 atom stereocenters. The van der Waals surface area contributed by atoms with E-state index in [1.165, 1.54) is 0 Å². The number of aryl methyl sites for hydroxylation is 3. The molecule has 72 valence electrons. The Kier molecular flexibility index (Phi) is 1.92. The molecule has 0 amide bonds. The monoisotopic (exact) mass is 187 g/mol. The Hall–Kier alpha value is -1.57. The van der Waals surface area contributed by atoms with E-state index in [9.17, 15) is 4.79 Å². The molecule has 0 saturated carbocycles. The largest absolute Gasteiger partial charge is 0.350 e. The van der Waals surface area contributed by atoms with Crippen LogP contribution in [0, 0.1) is 13.8 Å². The number of hydrogen-bond donors (Lipinski definition) is 0. The fraction of sp³-hybridized carbons (Fsp3) is 0.250. The second-order valence-electron chi connectivity index (χ2n) is 3.77. The van der Waals surface area contributed by atoms with Crippen LogP contribution in [0.15, 0.2) is 29.2 Å². The first kappa shape index (κ1) is 9.00. The number of hydrogen-bond acceptors (Lipinski definition) is 1. The molecule has 0 unspecified atom stereocenters. The van der Waals surface area contributed by atoms with E-state index < -0.39 is 0 Å². The van der Waals surface area contributed by atoms with E-state index in [4.69, 9.17) is 0 Å². The quantitative estimate of drug-likeness (QED) is 0.619. The molecule has 0 radical (unpaired) electrons. The summed E-state index contributed by atoms with van der Waals surface area (Å²) in [5.41, 5.74) is 3.05. The van der Waals surface area contributed by atoms with E-state index in [1.807, 2.05) is 49.9 Å². The van der Waals surface area contributed by atoms with E-state index in [0.717, 1.165) is 22.0 Å². The SMILES string of the molecule is Cc1ccc2c(c1)c(=O)c(C)cn2C. The Balaban J connectivity index is 3.03. The zero-order valence-corrected chi connectivity index (χ0v) is 8.66. The molecule has 0 spiro atoms. The second-order valence-corrected chi connectivity index (χ2v) is 3.77. The van der Waals surface area contributed by atoms with Gasteiger partial charge in [-0.1, -0.05) is 11.6 Å². The van der Waals surface area contributed by atoms with E-state index in [2.05, 4.69) is 0 Å². The van der Waals surface area contributed by atoms with Crippen LogP contribution >= 0.6 is 0 Å². The maximum Gasteiger partial charge on any atom is 0.192 e. The predicted molar refractivity (Wildman–Crippen MR) is 58.7 cm³/mol. The Bertz CT molecular complexity index is 552. The number of rotatable bonds is 0. The van der Waals surface area contributed by atoms with Crippen molar-refractivity contribution in [2.24, 2.45) is 7.05 Å². The maximum atomic E-state index is 11.8. The first-order valence-corrected chi connectivity index (χ1v) is 4.66. The van der Waals surface area contributed by atoms with Crippen LogP contribution in [-0.4, -0.2) is 4.57 Å². The highest BCUT2D eigenvalue weighted by Crippen LogP contribution is 2.12. The molecule has 0 aliphatic heterocycles. The summed E-state index contributed by atoms with van der Waals surface area (Å²) in [6.07, 6.45) is 1.88. The van der Waals surface area contributed by atoms with Crippen LogP contribution in [0.2, 0.25) is 0 Å². The van der Waals surface area contributed by atoms with Gasteiger partial charge >= 0.3 is 0 Å². The molecule has 14 heavy (non-hydrogen) atoms. The topological polar surface area (TPSA) is 22.0 Å². The second kappa shape index (κ2) is 2.98. The molecular formula is C12H13NO. The smallest absolute Gasteiger partial charge is 0.192 e. The molecule has 0 N–H and O–H groups in total. The summed E-state index contributed by atoms with van der Waals surface area (Å²) in [7, 11) is 1.96. The number of pyridine rings is 1. The van der Waals surface area contributed by atoms with Crippen LogP contribution in [0.4, 0.5) is 0 Å².